The zero-order valence-corrected chi connectivity index (χ0v) is 16.4. The molecule has 0 aromatic carbocycles. The second-order valence-electron chi connectivity index (χ2n) is 5.57. The molecule has 0 saturated heterocycles. The Morgan fingerprint density at radius 1 is 0.654 bits per heavy atom. The number of hydrogen-bond donors (Lipinski definition) is 0. The molecule has 0 radical (unpaired) electrons. The fraction of sp³-hybridized carbons (Fsp3) is 0.625. The fourth-order valence-electron chi connectivity index (χ4n) is 1.78. The van der Waals surface area contributed by atoms with Gasteiger partial charge in [0, 0.05) is 12.8 Å². The van der Waals surface area contributed by atoms with Crippen molar-refractivity contribution < 1.29 is 40.1 Å². The van der Waals surface area contributed by atoms with Crippen LogP contribution in [-0.4, -0.2) is 50.4 Å². The fourth-order valence-corrected chi connectivity index (χ4v) is 2.82. The van der Waals surface area contributed by atoms with Gasteiger partial charge in [-0.15, -0.1) is 0 Å². The molecule has 0 spiro atoms. The molecule has 0 amide bonds. The standard InChI is InChI=1S/2C6H10O3.C4H6O3.Al/c2*1-2-3-5(7)4-6(8)9;1-3(5)2-4(6)7;/h2*2-4H2,1H3,(H,8,9);2H2,1H3,(H,6,7);/q;;;+3/p-3. The summed E-state index contributed by atoms with van der Waals surface area (Å²) in [5.41, 5.74) is 0. The molecule has 0 aliphatic rings. The van der Waals surface area contributed by atoms with E-state index in [1.165, 1.54) is 0 Å². The average molecular weight is 386 g/mol. The number of carbonyl (C=O) groups excluding carboxylic acids is 6. The molecule has 0 N–H and O–H groups in total. The maximum absolute atomic E-state index is 11.7. The molecule has 0 saturated carbocycles. The molecule has 0 atom stereocenters. The van der Waals surface area contributed by atoms with Gasteiger partial charge in [0.15, 0.2) is 0 Å². The van der Waals surface area contributed by atoms with Crippen LogP contribution in [0.2, 0.25) is 0 Å². The Balaban J connectivity index is 4.82. The molecular weight excluding hydrogens is 363 g/mol. The molecule has 0 aliphatic carbocycles. The largest absolute Gasteiger partial charge is 1.20 e. The highest BCUT2D eigenvalue weighted by Gasteiger charge is 2.49. The predicted molar refractivity (Wildman–Crippen MR) is 88.4 cm³/mol. The summed E-state index contributed by atoms with van der Waals surface area (Å²) >= 11 is -3.63. The number of rotatable bonds is 13. The van der Waals surface area contributed by atoms with Crippen LogP contribution < -0.4 is 0 Å². The summed E-state index contributed by atoms with van der Waals surface area (Å²) in [4.78, 5) is 68.8. The number of hydrogen-bond acceptors (Lipinski definition) is 9. The molecule has 144 valence electrons. The van der Waals surface area contributed by atoms with E-state index in [0.717, 1.165) is 6.92 Å². The molecule has 10 heteroatoms. The van der Waals surface area contributed by atoms with Gasteiger partial charge in [-0.3, -0.25) is 28.8 Å². The molecule has 26 heavy (non-hydrogen) atoms. The van der Waals surface area contributed by atoms with Crippen molar-refractivity contribution in [3.63, 3.8) is 0 Å². The van der Waals surface area contributed by atoms with E-state index in [2.05, 4.69) is 0 Å². The van der Waals surface area contributed by atoms with Crippen LogP contribution in [0.25, 0.3) is 0 Å². The molecular formula is C16H23AlO9. The molecule has 9 nitrogen and oxygen atoms in total. The first-order valence-corrected chi connectivity index (χ1v) is 9.70. The van der Waals surface area contributed by atoms with Crippen LogP contribution in [0.1, 0.15) is 65.7 Å². The van der Waals surface area contributed by atoms with Gasteiger partial charge in [-0.1, -0.05) is 13.8 Å². The van der Waals surface area contributed by atoms with E-state index < -0.39 is 58.1 Å². The van der Waals surface area contributed by atoms with Crippen molar-refractivity contribution in [2.45, 2.75) is 65.7 Å². The monoisotopic (exact) mass is 386 g/mol. The molecule has 0 aromatic rings. The smallest absolute Gasteiger partial charge is 0.550 e. The molecule has 0 unspecified atom stereocenters. The zero-order valence-electron chi connectivity index (χ0n) is 15.2. The average Bonchev–Trinajstić information content (AvgIpc) is 2.45. The van der Waals surface area contributed by atoms with Crippen molar-refractivity contribution in [1.82, 2.24) is 0 Å². The van der Waals surface area contributed by atoms with Gasteiger partial charge in [0.05, 0.1) is 0 Å². The first kappa shape index (κ1) is 24.0. The minimum absolute atomic E-state index is 0.177. The van der Waals surface area contributed by atoms with Crippen LogP contribution in [-0.2, 0) is 40.1 Å². The summed E-state index contributed by atoms with van der Waals surface area (Å²) in [6.07, 6.45) is -0.221. The van der Waals surface area contributed by atoms with Crippen molar-refractivity contribution in [2.24, 2.45) is 0 Å². The van der Waals surface area contributed by atoms with Gasteiger partial charge in [0.2, 0.25) is 0 Å². The second kappa shape index (κ2) is 13.2. The molecule has 0 aromatic heterocycles. The lowest BCUT2D eigenvalue weighted by atomic mass is 10.2. The Labute approximate surface area is 156 Å². The highest BCUT2D eigenvalue weighted by molar-refractivity contribution is 6.44. The normalized spacial score (nSPS) is 9.81. The maximum Gasteiger partial charge on any atom is 1.20 e. The van der Waals surface area contributed by atoms with Crippen LogP contribution >= 0.6 is 0 Å². The third-order valence-electron chi connectivity index (χ3n) is 2.82. The Hall–Kier alpha value is -2.05. The van der Waals surface area contributed by atoms with Crippen molar-refractivity contribution >= 4 is 50.4 Å². The molecule has 0 rings (SSSR count). The van der Waals surface area contributed by atoms with E-state index >= 15 is 0 Å². The Kier molecular flexibility index (Phi) is 12.2. The number of carbonyl (C=O) groups is 6. The lowest BCUT2D eigenvalue weighted by Gasteiger charge is -2.13. The van der Waals surface area contributed by atoms with Crippen molar-refractivity contribution in [3.8, 4) is 0 Å². The summed E-state index contributed by atoms with van der Waals surface area (Å²) < 4.78 is 14.4. The van der Waals surface area contributed by atoms with Gasteiger partial charge >= 0.3 is 15.1 Å². The summed E-state index contributed by atoms with van der Waals surface area (Å²) in [6, 6.07) is 0. The van der Waals surface area contributed by atoms with Gasteiger partial charge < -0.3 is 11.4 Å². The summed E-state index contributed by atoms with van der Waals surface area (Å²) in [5.74, 6) is -4.24. The Bertz CT molecular complexity index is 522. The van der Waals surface area contributed by atoms with Gasteiger partial charge in [-0.25, -0.2) is 0 Å². The second-order valence-corrected chi connectivity index (χ2v) is 6.85. The molecule has 0 fully saturated rings. The van der Waals surface area contributed by atoms with Crippen LogP contribution in [0.3, 0.4) is 0 Å². The molecule has 0 aliphatic heterocycles. The molecule has 0 heterocycles. The van der Waals surface area contributed by atoms with Crippen molar-refractivity contribution in [1.29, 1.82) is 0 Å². The zero-order chi connectivity index (χ0) is 20.1. The highest BCUT2D eigenvalue weighted by atomic mass is 27.3. The summed E-state index contributed by atoms with van der Waals surface area (Å²) in [6.45, 7) is 4.68. The van der Waals surface area contributed by atoms with Crippen molar-refractivity contribution in [2.75, 3.05) is 0 Å². The third-order valence-corrected chi connectivity index (χ3v) is 4.18. The summed E-state index contributed by atoms with van der Waals surface area (Å²) in [7, 11) is 0. The summed E-state index contributed by atoms with van der Waals surface area (Å²) in [5, 5.41) is 0. The predicted octanol–water partition coefficient (Wildman–Crippen LogP) is 1.10. The van der Waals surface area contributed by atoms with E-state index in [9.17, 15) is 28.8 Å². The highest BCUT2D eigenvalue weighted by Crippen LogP contribution is 2.05. The first-order chi connectivity index (χ1) is 12.2. The third kappa shape index (κ3) is 12.3. The Morgan fingerprint density at radius 3 is 1.31 bits per heavy atom. The van der Waals surface area contributed by atoms with Gasteiger partial charge in [-0.05, 0) is 19.8 Å². The van der Waals surface area contributed by atoms with Crippen LogP contribution in [0.4, 0.5) is 0 Å². The van der Waals surface area contributed by atoms with Crippen molar-refractivity contribution in [3.05, 3.63) is 0 Å². The Morgan fingerprint density at radius 2 is 1.00 bits per heavy atom. The van der Waals surface area contributed by atoms with E-state index in [0.29, 0.717) is 12.8 Å². The quantitative estimate of drug-likeness (QED) is 0.337. The van der Waals surface area contributed by atoms with E-state index in [4.69, 9.17) is 11.4 Å². The SMILES string of the molecule is CCCC(=O)CC(=O)[O][Al]([O]C(=O)CC(C)=O)[O]C(=O)CC(=O)CCC. The lowest BCUT2D eigenvalue weighted by molar-refractivity contribution is -0.148. The van der Waals surface area contributed by atoms with Crippen LogP contribution in [0, 0.1) is 0 Å². The minimum Gasteiger partial charge on any atom is -0.550 e. The van der Waals surface area contributed by atoms with E-state index in [1.54, 1.807) is 13.8 Å². The van der Waals surface area contributed by atoms with Crippen LogP contribution in [0.15, 0.2) is 0 Å². The number of ketones is 3. The number of Topliss-reactive ketones (excluding diaryl/α,β-unsaturated/α-hetero) is 3. The lowest BCUT2D eigenvalue weighted by Crippen LogP contribution is -2.36. The van der Waals surface area contributed by atoms with Gasteiger partial charge in [0.25, 0.3) is 17.9 Å². The van der Waals surface area contributed by atoms with Gasteiger partial charge in [0.1, 0.15) is 36.6 Å². The van der Waals surface area contributed by atoms with E-state index in [-0.39, 0.29) is 24.4 Å². The molecule has 0 bridgehead atoms. The maximum atomic E-state index is 11.7. The van der Waals surface area contributed by atoms with E-state index in [1.807, 2.05) is 0 Å². The van der Waals surface area contributed by atoms with Gasteiger partial charge in [-0.2, -0.15) is 0 Å². The minimum atomic E-state index is -3.63. The van der Waals surface area contributed by atoms with Crippen LogP contribution in [0.5, 0.6) is 0 Å². The first-order valence-electron chi connectivity index (χ1n) is 8.29. The topological polar surface area (TPSA) is 130 Å².